The van der Waals surface area contributed by atoms with Crippen molar-refractivity contribution >= 4 is 21.9 Å². The topological polar surface area (TPSA) is 70.1 Å². The van der Waals surface area contributed by atoms with Gasteiger partial charge in [0.25, 0.3) is 0 Å². The molecule has 0 amide bonds. The third-order valence-electron chi connectivity index (χ3n) is 1.96. The highest BCUT2D eigenvalue weighted by molar-refractivity contribution is 9.10. The maximum absolute atomic E-state index is 11.3. The van der Waals surface area contributed by atoms with E-state index < -0.39 is 5.92 Å². The molecule has 1 atom stereocenters. The van der Waals surface area contributed by atoms with E-state index in [1.165, 1.54) is 7.11 Å². The zero-order valence-corrected chi connectivity index (χ0v) is 9.61. The fraction of sp³-hybridized carbons (Fsp3) is 0.500. The minimum Gasteiger partial charge on any atom is -0.468 e. The lowest BCUT2D eigenvalue weighted by Gasteiger charge is -2.11. The first-order valence-electron chi connectivity index (χ1n) is 4.07. The Morgan fingerprint density at radius 1 is 1.86 bits per heavy atom. The molecule has 0 aromatic carbocycles. The molecular formula is C8H12BrN3O2. The summed E-state index contributed by atoms with van der Waals surface area (Å²) in [5.41, 5.74) is 6.24. The van der Waals surface area contributed by atoms with Gasteiger partial charge in [0.2, 0.25) is 0 Å². The lowest BCUT2D eigenvalue weighted by atomic mass is 10.1. The smallest absolute Gasteiger partial charge is 0.316 e. The van der Waals surface area contributed by atoms with Crippen LogP contribution in [-0.2, 0) is 16.6 Å². The van der Waals surface area contributed by atoms with Gasteiger partial charge in [0.05, 0.1) is 12.8 Å². The number of rotatable bonds is 3. The number of nitrogens with two attached hydrogens (primary N) is 1. The number of aryl methyl sites for hydroxylation is 1. The second kappa shape index (κ2) is 4.56. The van der Waals surface area contributed by atoms with Crippen molar-refractivity contribution in [1.82, 2.24) is 9.78 Å². The first kappa shape index (κ1) is 11.2. The first-order valence-corrected chi connectivity index (χ1v) is 4.86. The van der Waals surface area contributed by atoms with Gasteiger partial charge < -0.3 is 10.5 Å². The van der Waals surface area contributed by atoms with Gasteiger partial charge in [-0.05, 0) is 22.0 Å². The number of esters is 1. The van der Waals surface area contributed by atoms with Gasteiger partial charge in [-0.15, -0.1) is 0 Å². The Kier molecular flexibility index (Phi) is 3.65. The molecule has 5 nitrogen and oxygen atoms in total. The van der Waals surface area contributed by atoms with Crippen molar-refractivity contribution in [2.75, 3.05) is 13.7 Å². The summed E-state index contributed by atoms with van der Waals surface area (Å²) in [6.45, 7) is 0.207. The standard InChI is InChI=1S/C8H12BrN3O2/c1-12-6(3-7(9)11-12)5(4-10)8(13)14-2/h3,5H,4,10H2,1-2H3. The SMILES string of the molecule is COC(=O)C(CN)c1cc(Br)nn1C. The van der Waals surface area contributed by atoms with Crippen LogP contribution in [0.1, 0.15) is 11.6 Å². The van der Waals surface area contributed by atoms with Crippen LogP contribution in [-0.4, -0.2) is 29.4 Å². The number of carbonyl (C=O) groups excluding carboxylic acids is 1. The van der Waals surface area contributed by atoms with Crippen LogP contribution in [0.25, 0.3) is 0 Å². The third kappa shape index (κ3) is 2.13. The Morgan fingerprint density at radius 3 is 2.86 bits per heavy atom. The Hall–Kier alpha value is -0.880. The molecule has 0 bridgehead atoms. The van der Waals surface area contributed by atoms with Crippen molar-refractivity contribution in [1.29, 1.82) is 0 Å². The molecule has 0 radical (unpaired) electrons. The maximum atomic E-state index is 11.3. The number of methoxy groups -OCH3 is 1. The predicted octanol–water partition coefficient (Wildman–Crippen LogP) is 0.398. The molecule has 0 aliphatic heterocycles. The molecule has 0 fully saturated rings. The van der Waals surface area contributed by atoms with Crippen LogP contribution in [0.3, 0.4) is 0 Å². The summed E-state index contributed by atoms with van der Waals surface area (Å²) in [4.78, 5) is 11.3. The summed E-state index contributed by atoms with van der Waals surface area (Å²) >= 11 is 3.23. The van der Waals surface area contributed by atoms with Crippen molar-refractivity contribution in [3.05, 3.63) is 16.4 Å². The van der Waals surface area contributed by atoms with Crippen LogP contribution in [0, 0.1) is 0 Å². The second-order valence-electron chi connectivity index (χ2n) is 2.83. The van der Waals surface area contributed by atoms with Gasteiger partial charge in [-0.2, -0.15) is 5.10 Å². The van der Waals surface area contributed by atoms with Crippen LogP contribution in [0.5, 0.6) is 0 Å². The van der Waals surface area contributed by atoms with E-state index in [2.05, 4.69) is 25.8 Å². The molecule has 1 aromatic heterocycles. The molecule has 1 aromatic rings. The maximum Gasteiger partial charge on any atom is 0.316 e. The molecule has 0 saturated heterocycles. The largest absolute Gasteiger partial charge is 0.468 e. The van der Waals surface area contributed by atoms with E-state index in [1.54, 1.807) is 17.8 Å². The summed E-state index contributed by atoms with van der Waals surface area (Å²) in [5, 5.41) is 4.07. The molecule has 6 heteroatoms. The number of nitrogens with zero attached hydrogens (tertiary/aromatic N) is 2. The monoisotopic (exact) mass is 261 g/mol. The normalized spacial score (nSPS) is 12.6. The van der Waals surface area contributed by atoms with Crippen molar-refractivity contribution in [3.8, 4) is 0 Å². The number of hydrogen-bond acceptors (Lipinski definition) is 4. The molecule has 0 spiro atoms. The third-order valence-corrected chi connectivity index (χ3v) is 2.35. The molecule has 0 saturated carbocycles. The highest BCUT2D eigenvalue weighted by Crippen LogP contribution is 2.19. The summed E-state index contributed by atoms with van der Waals surface area (Å²) in [6, 6.07) is 1.76. The zero-order chi connectivity index (χ0) is 10.7. The summed E-state index contributed by atoms with van der Waals surface area (Å²) < 4.78 is 6.93. The van der Waals surface area contributed by atoms with Crippen molar-refractivity contribution < 1.29 is 9.53 Å². The van der Waals surface area contributed by atoms with Crippen LogP contribution < -0.4 is 5.73 Å². The van der Waals surface area contributed by atoms with Gasteiger partial charge in [0.1, 0.15) is 10.5 Å². The number of aromatic nitrogens is 2. The number of ether oxygens (including phenoxy) is 1. The lowest BCUT2D eigenvalue weighted by molar-refractivity contribution is -0.142. The first-order chi connectivity index (χ1) is 6.60. The Balaban J connectivity index is 3.00. The highest BCUT2D eigenvalue weighted by atomic mass is 79.9. The molecule has 1 unspecified atom stereocenters. The summed E-state index contributed by atoms with van der Waals surface area (Å²) in [6.07, 6.45) is 0. The molecule has 1 heterocycles. The number of carbonyl (C=O) groups is 1. The molecule has 0 aliphatic rings. The Labute approximate surface area is 90.3 Å². The van der Waals surface area contributed by atoms with E-state index in [0.717, 1.165) is 5.69 Å². The summed E-state index contributed by atoms with van der Waals surface area (Å²) in [7, 11) is 3.10. The van der Waals surface area contributed by atoms with Crippen LogP contribution >= 0.6 is 15.9 Å². The van der Waals surface area contributed by atoms with Crippen molar-refractivity contribution in [2.45, 2.75) is 5.92 Å². The minimum absolute atomic E-state index is 0.207. The zero-order valence-electron chi connectivity index (χ0n) is 8.03. The molecule has 78 valence electrons. The summed E-state index contributed by atoms with van der Waals surface area (Å²) in [5.74, 6) is -0.799. The van der Waals surface area contributed by atoms with E-state index in [4.69, 9.17) is 5.73 Å². The van der Waals surface area contributed by atoms with Crippen LogP contribution in [0.15, 0.2) is 10.7 Å². The number of halogens is 1. The quantitative estimate of drug-likeness (QED) is 0.800. The average molecular weight is 262 g/mol. The number of hydrogen-bond donors (Lipinski definition) is 1. The molecule has 1 rings (SSSR count). The molecule has 14 heavy (non-hydrogen) atoms. The van der Waals surface area contributed by atoms with Gasteiger partial charge in [-0.1, -0.05) is 0 Å². The lowest BCUT2D eigenvalue weighted by Crippen LogP contribution is -2.24. The minimum atomic E-state index is -0.455. The van der Waals surface area contributed by atoms with Gasteiger partial charge in [0, 0.05) is 13.6 Å². The van der Waals surface area contributed by atoms with Crippen molar-refractivity contribution in [2.24, 2.45) is 12.8 Å². The fourth-order valence-electron chi connectivity index (χ4n) is 1.25. The fourth-order valence-corrected chi connectivity index (χ4v) is 1.72. The second-order valence-corrected chi connectivity index (χ2v) is 3.64. The molecular weight excluding hydrogens is 250 g/mol. The van der Waals surface area contributed by atoms with Gasteiger partial charge in [0.15, 0.2) is 0 Å². The molecule has 0 aliphatic carbocycles. The van der Waals surface area contributed by atoms with E-state index in [0.29, 0.717) is 4.60 Å². The average Bonchev–Trinajstić information content (AvgIpc) is 2.47. The van der Waals surface area contributed by atoms with Gasteiger partial charge >= 0.3 is 5.97 Å². The van der Waals surface area contributed by atoms with E-state index in [-0.39, 0.29) is 12.5 Å². The van der Waals surface area contributed by atoms with Gasteiger partial charge in [-0.3, -0.25) is 9.48 Å². The Morgan fingerprint density at radius 2 is 2.50 bits per heavy atom. The van der Waals surface area contributed by atoms with Crippen molar-refractivity contribution in [3.63, 3.8) is 0 Å². The predicted molar refractivity (Wildman–Crippen MR) is 54.7 cm³/mol. The Bertz CT molecular complexity index is 337. The highest BCUT2D eigenvalue weighted by Gasteiger charge is 2.23. The van der Waals surface area contributed by atoms with Crippen LogP contribution in [0.4, 0.5) is 0 Å². The van der Waals surface area contributed by atoms with E-state index in [1.807, 2.05) is 0 Å². The van der Waals surface area contributed by atoms with Gasteiger partial charge in [-0.25, -0.2) is 0 Å². The van der Waals surface area contributed by atoms with E-state index in [9.17, 15) is 4.79 Å². The van der Waals surface area contributed by atoms with Crippen LogP contribution in [0.2, 0.25) is 0 Å². The van der Waals surface area contributed by atoms with E-state index >= 15 is 0 Å². The molecule has 2 N–H and O–H groups in total.